The molecule has 0 radical (unpaired) electrons. The average molecular weight is 523 g/mol. The molecule has 0 aromatic heterocycles. The minimum absolute atomic E-state index is 0.246. The van der Waals surface area contributed by atoms with Crippen LogP contribution in [-0.4, -0.2) is 73.0 Å². The standard InChI is InChI=1S/C29H39N5O4/c30-14-8-16-32-28(36)26-18-23(38-20-22-11-5-2-6-12-22)19-34(26)29(37)25(17-21-9-3-1-4-10-21)33-27(35)24-13-7-15-31-24/h1-6,9-12,23-26,31H,7-8,13-20,30H2,(H,32,36)(H,33,35)/t23-,24-,25+,26+/m1/s1/i/hD. The van der Waals surface area contributed by atoms with Gasteiger partial charge in [0.1, 0.15) is 13.5 Å². The number of benzene rings is 2. The highest BCUT2D eigenvalue weighted by Gasteiger charge is 2.42. The summed E-state index contributed by atoms with van der Waals surface area (Å²) in [5.41, 5.74) is 7.49. The van der Waals surface area contributed by atoms with Crippen LogP contribution in [0.3, 0.4) is 0 Å². The molecule has 204 valence electrons. The lowest BCUT2D eigenvalue weighted by molar-refractivity contribution is -0.141. The van der Waals surface area contributed by atoms with E-state index in [1.165, 1.54) is 5.31 Å². The van der Waals surface area contributed by atoms with E-state index in [1.54, 1.807) is 4.90 Å². The van der Waals surface area contributed by atoms with Crippen molar-refractivity contribution in [2.24, 2.45) is 5.73 Å². The number of hydrogen-bond acceptors (Lipinski definition) is 6. The number of carbonyl (C=O) groups excluding carboxylic acids is 3. The highest BCUT2D eigenvalue weighted by atomic mass is 16.5. The van der Waals surface area contributed by atoms with Crippen LogP contribution in [0.25, 0.3) is 0 Å². The second-order valence-electron chi connectivity index (χ2n) is 9.91. The lowest BCUT2D eigenvalue weighted by Gasteiger charge is -2.29. The molecule has 5 N–H and O–H groups in total. The van der Waals surface area contributed by atoms with E-state index < -0.39 is 18.1 Å². The molecule has 3 amide bonds. The van der Waals surface area contributed by atoms with E-state index >= 15 is 0 Å². The molecule has 2 aliphatic heterocycles. The van der Waals surface area contributed by atoms with E-state index in [0.29, 0.717) is 45.5 Å². The van der Waals surface area contributed by atoms with Gasteiger partial charge in [0.15, 0.2) is 0 Å². The Kier molecular flexibility index (Phi) is 9.73. The van der Waals surface area contributed by atoms with Crippen molar-refractivity contribution in [1.82, 2.24) is 20.8 Å². The van der Waals surface area contributed by atoms with Gasteiger partial charge in [-0.05, 0) is 43.5 Å². The van der Waals surface area contributed by atoms with Gasteiger partial charge in [0.25, 0.3) is 0 Å². The predicted molar refractivity (Wildman–Crippen MR) is 145 cm³/mol. The van der Waals surface area contributed by atoms with Crippen LogP contribution in [-0.2, 0) is 32.1 Å². The van der Waals surface area contributed by atoms with E-state index in [1.807, 2.05) is 60.7 Å². The summed E-state index contributed by atoms with van der Waals surface area (Å²) in [6.45, 7) is 2.02. The fraction of sp³-hybridized carbons (Fsp3) is 0.483. The Labute approximate surface area is 225 Å². The van der Waals surface area contributed by atoms with Crippen LogP contribution in [0.2, 0.25) is 1.41 Å². The van der Waals surface area contributed by atoms with Gasteiger partial charge in [-0.3, -0.25) is 14.4 Å². The Balaban J connectivity index is 1.52. The molecule has 0 bridgehead atoms. The maximum Gasteiger partial charge on any atom is 0.246 e. The first-order valence-electron chi connectivity index (χ1n) is 13.9. The molecule has 2 aromatic rings. The normalized spacial score (nSPS) is 22.6. The Morgan fingerprint density at radius 3 is 2.45 bits per heavy atom. The number of rotatable bonds is 12. The number of ether oxygens (including phenoxy) is 1. The molecule has 0 unspecified atom stereocenters. The van der Waals surface area contributed by atoms with Crippen molar-refractivity contribution in [3.05, 3.63) is 71.8 Å². The zero-order valence-electron chi connectivity index (χ0n) is 22.8. The summed E-state index contributed by atoms with van der Waals surface area (Å²) in [5, 5.41) is 7.09. The zero-order valence-corrected chi connectivity index (χ0v) is 21.8. The Bertz CT molecular complexity index is 1090. The third-order valence-electron chi connectivity index (χ3n) is 7.04. The van der Waals surface area contributed by atoms with Gasteiger partial charge in [-0.2, -0.15) is 0 Å². The lowest BCUT2D eigenvalue weighted by Crippen LogP contribution is -2.56. The molecular formula is C29H39N5O4. The predicted octanol–water partition coefficient (Wildman–Crippen LogP) is 1.12. The van der Waals surface area contributed by atoms with Crippen molar-refractivity contribution in [2.45, 2.75) is 62.9 Å². The third-order valence-corrected chi connectivity index (χ3v) is 7.04. The van der Waals surface area contributed by atoms with Crippen molar-refractivity contribution in [3.63, 3.8) is 0 Å². The first kappa shape index (κ1) is 26.3. The summed E-state index contributed by atoms with van der Waals surface area (Å²) < 4.78 is 14.2. The van der Waals surface area contributed by atoms with Gasteiger partial charge in [0.05, 0.1) is 18.8 Å². The van der Waals surface area contributed by atoms with Gasteiger partial charge < -0.3 is 31.3 Å². The Morgan fingerprint density at radius 1 is 1.08 bits per heavy atom. The highest BCUT2D eigenvalue weighted by Crippen LogP contribution is 2.24. The molecule has 9 heteroatoms. The van der Waals surface area contributed by atoms with Crippen LogP contribution in [0.4, 0.5) is 0 Å². The van der Waals surface area contributed by atoms with E-state index in [4.69, 9.17) is 11.9 Å². The van der Waals surface area contributed by atoms with Crippen LogP contribution >= 0.6 is 0 Å². The second-order valence-corrected chi connectivity index (χ2v) is 9.91. The molecule has 0 saturated carbocycles. The molecule has 4 rings (SSSR count). The molecule has 2 aromatic carbocycles. The molecule has 9 nitrogen and oxygen atoms in total. The van der Waals surface area contributed by atoms with Gasteiger partial charge >= 0.3 is 0 Å². The minimum atomic E-state index is -0.874. The lowest BCUT2D eigenvalue weighted by atomic mass is 10.0. The van der Waals surface area contributed by atoms with Crippen LogP contribution in [0, 0.1) is 0 Å². The van der Waals surface area contributed by atoms with E-state index in [9.17, 15) is 14.4 Å². The molecule has 2 aliphatic rings. The number of likely N-dealkylation sites (tertiary alicyclic amines) is 1. The van der Waals surface area contributed by atoms with Crippen molar-refractivity contribution in [1.29, 1.82) is 0 Å². The highest BCUT2D eigenvalue weighted by molar-refractivity contribution is 5.93. The van der Waals surface area contributed by atoms with Crippen LogP contribution in [0.1, 0.15) is 36.8 Å². The molecule has 38 heavy (non-hydrogen) atoms. The zero-order chi connectivity index (χ0) is 27.6. The monoisotopic (exact) mass is 522 g/mol. The number of carbonyl (C=O) groups is 3. The van der Waals surface area contributed by atoms with E-state index in [-0.39, 0.29) is 36.8 Å². The summed E-state index contributed by atoms with van der Waals surface area (Å²) >= 11 is 0. The first-order chi connectivity index (χ1) is 19.0. The molecule has 4 atom stereocenters. The number of amides is 3. The Hall–Kier alpha value is -3.27. The number of nitrogens with two attached hydrogens (primary N) is 1. The number of nitrogens with zero attached hydrogens (tertiary/aromatic N) is 1. The fourth-order valence-electron chi connectivity index (χ4n) is 4.99. The average Bonchev–Trinajstić information content (AvgIpc) is 3.59. The molecular weight excluding hydrogens is 482 g/mol. The van der Waals surface area contributed by atoms with Gasteiger partial charge in [-0.25, -0.2) is 0 Å². The van der Waals surface area contributed by atoms with Crippen molar-refractivity contribution >= 4 is 17.7 Å². The van der Waals surface area contributed by atoms with Crippen LogP contribution < -0.4 is 21.7 Å². The Morgan fingerprint density at radius 2 is 1.79 bits per heavy atom. The molecule has 0 aliphatic carbocycles. The molecule has 2 heterocycles. The van der Waals surface area contributed by atoms with Crippen molar-refractivity contribution in [3.8, 4) is 0 Å². The summed E-state index contributed by atoms with van der Waals surface area (Å²) in [7, 11) is 0. The summed E-state index contributed by atoms with van der Waals surface area (Å²) in [5.74, 6) is -0.913. The maximum absolute atomic E-state index is 14.0. The van der Waals surface area contributed by atoms with Gasteiger partial charge in [0.2, 0.25) is 17.7 Å². The van der Waals surface area contributed by atoms with E-state index in [0.717, 1.165) is 17.5 Å². The second kappa shape index (κ2) is 14.0. The summed E-state index contributed by atoms with van der Waals surface area (Å²) in [6, 6.07) is 17.1. The molecule has 0 spiro atoms. The van der Waals surface area contributed by atoms with Crippen molar-refractivity contribution < 1.29 is 20.5 Å². The summed E-state index contributed by atoms with van der Waals surface area (Å²) in [4.78, 5) is 41.9. The van der Waals surface area contributed by atoms with Crippen LogP contribution in [0.15, 0.2) is 60.7 Å². The SMILES string of the molecule is [2H]N1CCC[C@@H]1C(=O)N[C@@H](Cc1ccccc1)C(=O)N1C[C@H](OCc2ccccc2)C[C@H]1C(=O)NCCCN. The molecule has 2 fully saturated rings. The fourth-order valence-corrected chi connectivity index (χ4v) is 4.99. The maximum atomic E-state index is 14.0. The number of nitrogens with one attached hydrogen (secondary N) is 3. The smallest absolute Gasteiger partial charge is 0.246 e. The van der Waals surface area contributed by atoms with Gasteiger partial charge in [-0.1, -0.05) is 60.7 Å². The van der Waals surface area contributed by atoms with E-state index in [2.05, 4.69) is 10.6 Å². The minimum Gasteiger partial charge on any atom is -0.372 e. The summed E-state index contributed by atoms with van der Waals surface area (Å²) in [6.07, 6.45) is 2.29. The first-order valence-corrected chi connectivity index (χ1v) is 13.5. The number of hydrogen-bond donors (Lipinski definition) is 4. The topological polar surface area (TPSA) is 126 Å². The van der Waals surface area contributed by atoms with Gasteiger partial charge in [-0.15, -0.1) is 0 Å². The van der Waals surface area contributed by atoms with Crippen LogP contribution in [0.5, 0.6) is 0 Å². The molecule has 2 saturated heterocycles. The largest absolute Gasteiger partial charge is 0.372 e. The van der Waals surface area contributed by atoms with Crippen molar-refractivity contribution in [2.75, 3.05) is 26.2 Å². The third kappa shape index (κ3) is 7.63. The quantitative estimate of drug-likeness (QED) is 0.310. The van der Waals surface area contributed by atoms with Gasteiger partial charge in [0, 0.05) is 25.9 Å².